The standard InChI is InChI=1S/C51H58O/c1-6-8-10-12-14-16-28-51(29-17-15-13-11-9-7-2)48-30-35(3)18-24-44(48)45-27-23-41(34-49(45)51)40-22-26-43-42-25-21-39(32-46(42)50(52)47(43)33-40)38-20-19-36(4)37(5)31-38/h18-27,30-34H,6-17,28-29H2,1-5H3. The third kappa shape index (κ3) is 6.96. The van der Waals surface area contributed by atoms with Crippen LogP contribution in [0.2, 0.25) is 0 Å². The highest BCUT2D eigenvalue weighted by molar-refractivity contribution is 6.22. The van der Waals surface area contributed by atoms with Crippen molar-refractivity contribution in [3.8, 4) is 44.5 Å². The molecule has 0 amide bonds. The molecule has 0 spiro atoms. The first-order valence-electron chi connectivity index (χ1n) is 20.5. The van der Waals surface area contributed by atoms with Crippen LogP contribution in [0.1, 0.15) is 147 Å². The molecule has 0 saturated carbocycles. The van der Waals surface area contributed by atoms with E-state index in [4.69, 9.17) is 0 Å². The predicted octanol–water partition coefficient (Wildman–Crippen LogP) is 14.9. The molecule has 1 heteroatoms. The van der Waals surface area contributed by atoms with Crippen molar-refractivity contribution in [1.82, 2.24) is 0 Å². The van der Waals surface area contributed by atoms with E-state index < -0.39 is 0 Å². The maximum Gasteiger partial charge on any atom is 0.194 e. The summed E-state index contributed by atoms with van der Waals surface area (Å²) in [5.41, 5.74) is 18.3. The summed E-state index contributed by atoms with van der Waals surface area (Å²) in [6.45, 7) is 11.2. The average Bonchev–Trinajstić information content (AvgIpc) is 3.59. The Bertz CT molecular complexity index is 2060. The summed E-state index contributed by atoms with van der Waals surface area (Å²) in [6, 6.07) is 34.0. The molecule has 2 aliphatic rings. The second-order valence-electron chi connectivity index (χ2n) is 16.1. The van der Waals surface area contributed by atoms with Crippen LogP contribution in [-0.2, 0) is 5.41 Å². The molecule has 52 heavy (non-hydrogen) atoms. The van der Waals surface area contributed by atoms with Gasteiger partial charge < -0.3 is 0 Å². The van der Waals surface area contributed by atoms with Gasteiger partial charge in [0.15, 0.2) is 5.78 Å². The Morgan fingerprint density at radius 3 is 1.40 bits per heavy atom. The van der Waals surface area contributed by atoms with Crippen molar-refractivity contribution in [2.24, 2.45) is 0 Å². The minimum Gasteiger partial charge on any atom is -0.289 e. The summed E-state index contributed by atoms with van der Waals surface area (Å²) in [5, 5.41) is 0. The van der Waals surface area contributed by atoms with E-state index in [1.807, 2.05) is 0 Å². The molecule has 0 atom stereocenters. The Morgan fingerprint density at radius 2 is 0.846 bits per heavy atom. The fourth-order valence-electron chi connectivity index (χ4n) is 9.23. The van der Waals surface area contributed by atoms with Gasteiger partial charge in [0.25, 0.3) is 0 Å². The smallest absolute Gasteiger partial charge is 0.194 e. The average molecular weight is 687 g/mol. The molecule has 0 heterocycles. The van der Waals surface area contributed by atoms with Gasteiger partial charge in [0.1, 0.15) is 0 Å². The highest BCUT2D eigenvalue weighted by Crippen LogP contribution is 2.55. The van der Waals surface area contributed by atoms with Crippen molar-refractivity contribution in [3.63, 3.8) is 0 Å². The molecule has 2 aliphatic carbocycles. The van der Waals surface area contributed by atoms with Crippen LogP contribution in [0.3, 0.4) is 0 Å². The minimum atomic E-state index is 0.0374. The molecular formula is C51H58O. The lowest BCUT2D eigenvalue weighted by atomic mass is 9.70. The summed E-state index contributed by atoms with van der Waals surface area (Å²) < 4.78 is 0. The van der Waals surface area contributed by atoms with Gasteiger partial charge in [0.2, 0.25) is 0 Å². The van der Waals surface area contributed by atoms with Crippen LogP contribution in [0.5, 0.6) is 0 Å². The van der Waals surface area contributed by atoms with E-state index in [1.54, 1.807) is 5.56 Å². The van der Waals surface area contributed by atoms with E-state index in [1.165, 1.54) is 129 Å². The second kappa shape index (κ2) is 15.8. The Labute approximate surface area is 313 Å². The molecule has 0 fully saturated rings. The molecule has 5 aromatic rings. The molecule has 7 rings (SSSR count). The van der Waals surface area contributed by atoms with Gasteiger partial charge in [-0.3, -0.25) is 4.79 Å². The first-order valence-corrected chi connectivity index (χ1v) is 20.5. The minimum absolute atomic E-state index is 0.0374. The first kappa shape index (κ1) is 36.1. The van der Waals surface area contributed by atoms with Crippen LogP contribution in [0, 0.1) is 20.8 Å². The highest BCUT2D eigenvalue weighted by atomic mass is 16.1. The Kier molecular flexibility index (Phi) is 11.0. The van der Waals surface area contributed by atoms with E-state index >= 15 is 0 Å². The summed E-state index contributed by atoms with van der Waals surface area (Å²) in [4.78, 5) is 14.1. The summed E-state index contributed by atoms with van der Waals surface area (Å²) in [7, 11) is 0. The zero-order valence-corrected chi connectivity index (χ0v) is 32.5. The molecular weight excluding hydrogens is 629 g/mol. The van der Waals surface area contributed by atoms with Crippen LogP contribution >= 0.6 is 0 Å². The molecule has 0 N–H and O–H groups in total. The number of benzene rings is 5. The van der Waals surface area contributed by atoms with Crippen LogP contribution in [0.4, 0.5) is 0 Å². The normalized spacial score (nSPS) is 13.6. The lowest BCUT2D eigenvalue weighted by molar-refractivity contribution is 0.104. The van der Waals surface area contributed by atoms with Gasteiger partial charge in [-0.15, -0.1) is 0 Å². The molecule has 1 nitrogen and oxygen atoms in total. The molecule has 0 aromatic heterocycles. The van der Waals surface area contributed by atoms with E-state index in [0.717, 1.165) is 38.9 Å². The molecule has 0 unspecified atom stereocenters. The van der Waals surface area contributed by atoms with Crippen LogP contribution in [-0.4, -0.2) is 5.78 Å². The Hall–Kier alpha value is -4.23. The maximum absolute atomic E-state index is 14.1. The lowest BCUT2D eigenvalue weighted by Gasteiger charge is -2.33. The van der Waals surface area contributed by atoms with Crippen molar-refractivity contribution in [3.05, 3.63) is 130 Å². The van der Waals surface area contributed by atoms with E-state index in [9.17, 15) is 4.79 Å². The van der Waals surface area contributed by atoms with Crippen molar-refractivity contribution >= 4 is 5.78 Å². The first-order chi connectivity index (χ1) is 25.3. The second-order valence-corrected chi connectivity index (χ2v) is 16.1. The largest absolute Gasteiger partial charge is 0.289 e. The number of hydrogen-bond acceptors (Lipinski definition) is 1. The quantitative estimate of drug-likeness (QED) is 0.0926. The third-order valence-corrected chi connectivity index (χ3v) is 12.4. The van der Waals surface area contributed by atoms with Crippen molar-refractivity contribution in [1.29, 1.82) is 0 Å². The number of hydrogen-bond donors (Lipinski definition) is 0. The SMILES string of the molecule is CCCCCCCCC1(CCCCCCCC)c2cc(C)ccc2-c2ccc(-c3ccc4c(c3)C(=O)c3cc(-c5ccc(C)c(C)c5)ccc3-4)cc21. The zero-order valence-electron chi connectivity index (χ0n) is 32.5. The molecule has 0 bridgehead atoms. The monoisotopic (exact) mass is 686 g/mol. The molecule has 5 aromatic carbocycles. The summed E-state index contributed by atoms with van der Waals surface area (Å²) in [5.74, 6) is 0.141. The molecule has 0 saturated heterocycles. The third-order valence-electron chi connectivity index (χ3n) is 12.4. The van der Waals surface area contributed by atoms with Gasteiger partial charge in [-0.1, -0.05) is 169 Å². The Balaban J connectivity index is 1.23. The number of carbonyl (C=O) groups is 1. The van der Waals surface area contributed by atoms with Gasteiger partial charge in [-0.2, -0.15) is 0 Å². The number of aryl methyl sites for hydroxylation is 3. The van der Waals surface area contributed by atoms with Crippen molar-refractivity contribution < 1.29 is 4.79 Å². The number of ketones is 1. The predicted molar refractivity (Wildman–Crippen MR) is 223 cm³/mol. The Morgan fingerprint density at radius 1 is 0.404 bits per heavy atom. The van der Waals surface area contributed by atoms with Crippen LogP contribution in [0.25, 0.3) is 44.5 Å². The number of rotatable bonds is 16. The topological polar surface area (TPSA) is 17.1 Å². The zero-order chi connectivity index (χ0) is 36.2. The molecule has 0 aliphatic heterocycles. The van der Waals surface area contributed by atoms with Gasteiger partial charge in [-0.05, 0) is 119 Å². The number of unbranched alkanes of at least 4 members (excludes halogenated alkanes) is 10. The van der Waals surface area contributed by atoms with E-state index in [-0.39, 0.29) is 11.2 Å². The van der Waals surface area contributed by atoms with E-state index in [0.29, 0.717) is 0 Å². The highest BCUT2D eigenvalue weighted by Gasteiger charge is 2.42. The molecule has 268 valence electrons. The van der Waals surface area contributed by atoms with E-state index in [2.05, 4.69) is 126 Å². The van der Waals surface area contributed by atoms with Crippen molar-refractivity contribution in [2.75, 3.05) is 0 Å². The molecule has 0 radical (unpaired) electrons. The number of carbonyl (C=O) groups excluding carboxylic acids is 1. The van der Waals surface area contributed by atoms with Gasteiger partial charge in [-0.25, -0.2) is 0 Å². The summed E-state index contributed by atoms with van der Waals surface area (Å²) in [6.07, 6.45) is 18.2. The number of fused-ring (bicyclic) bond motifs is 6. The van der Waals surface area contributed by atoms with Crippen LogP contribution < -0.4 is 0 Å². The van der Waals surface area contributed by atoms with Gasteiger partial charge >= 0.3 is 0 Å². The fourth-order valence-corrected chi connectivity index (χ4v) is 9.23. The van der Waals surface area contributed by atoms with Gasteiger partial charge in [0.05, 0.1) is 0 Å². The van der Waals surface area contributed by atoms with Crippen LogP contribution in [0.15, 0.2) is 91.0 Å². The summed E-state index contributed by atoms with van der Waals surface area (Å²) >= 11 is 0. The lowest BCUT2D eigenvalue weighted by Crippen LogP contribution is -2.25. The maximum atomic E-state index is 14.1. The fraction of sp³-hybridized carbons (Fsp3) is 0.392. The van der Waals surface area contributed by atoms with Crippen molar-refractivity contribution in [2.45, 2.75) is 130 Å². The van der Waals surface area contributed by atoms with Gasteiger partial charge in [0, 0.05) is 16.5 Å².